The molecule has 0 unspecified atom stereocenters. The topological polar surface area (TPSA) is 102 Å². The van der Waals surface area contributed by atoms with Gasteiger partial charge in [0.15, 0.2) is 0 Å². The minimum atomic E-state index is -0.0738. The number of para-hydroxylation sites is 2. The maximum atomic E-state index is 12.8. The van der Waals surface area contributed by atoms with Crippen molar-refractivity contribution in [1.29, 1.82) is 0 Å². The molecule has 10 heteroatoms. The Morgan fingerprint density at radius 3 is 2.67 bits per heavy atom. The van der Waals surface area contributed by atoms with Gasteiger partial charge in [0, 0.05) is 19.1 Å². The Morgan fingerprint density at radius 1 is 1.10 bits per heavy atom. The van der Waals surface area contributed by atoms with Gasteiger partial charge in [0.25, 0.3) is 0 Å². The number of nitrogens with one attached hydrogen (secondary N) is 1. The number of fused-ring (bicyclic) bond motifs is 1. The van der Waals surface area contributed by atoms with Crippen molar-refractivity contribution in [1.82, 2.24) is 34.7 Å². The normalized spacial score (nSPS) is 18.5. The van der Waals surface area contributed by atoms with Crippen molar-refractivity contribution in [2.75, 3.05) is 18.8 Å². The molecule has 1 amide bonds. The van der Waals surface area contributed by atoms with Crippen molar-refractivity contribution < 1.29 is 4.79 Å². The molecule has 2 aromatic heterocycles. The SMILES string of the molecule is O=C(CSc1nnnn1C1CCCC1)N1CCC(n2c(=O)[nH]c3ccccc32)CC1. The molecule has 3 aromatic rings. The number of hydrogen-bond donors (Lipinski definition) is 1. The largest absolute Gasteiger partial charge is 0.342 e. The van der Waals surface area contributed by atoms with Gasteiger partial charge in [-0.2, -0.15) is 0 Å². The van der Waals surface area contributed by atoms with E-state index in [1.807, 2.05) is 38.4 Å². The van der Waals surface area contributed by atoms with Crippen molar-refractivity contribution in [3.05, 3.63) is 34.7 Å². The zero-order chi connectivity index (χ0) is 20.5. The summed E-state index contributed by atoms with van der Waals surface area (Å²) in [5.74, 6) is 0.441. The van der Waals surface area contributed by atoms with E-state index in [2.05, 4.69) is 20.5 Å². The van der Waals surface area contributed by atoms with E-state index in [0.717, 1.165) is 41.9 Å². The summed E-state index contributed by atoms with van der Waals surface area (Å²) in [5, 5.41) is 12.8. The van der Waals surface area contributed by atoms with Gasteiger partial charge < -0.3 is 9.88 Å². The first kappa shape index (κ1) is 19.3. The first-order chi connectivity index (χ1) is 14.7. The van der Waals surface area contributed by atoms with Crippen LogP contribution in [-0.4, -0.2) is 59.4 Å². The predicted octanol–water partition coefficient (Wildman–Crippen LogP) is 2.39. The molecule has 1 aliphatic carbocycles. The molecule has 0 bridgehead atoms. The van der Waals surface area contributed by atoms with Crippen LogP contribution in [0, 0.1) is 0 Å². The fourth-order valence-electron chi connectivity index (χ4n) is 4.69. The minimum absolute atomic E-state index is 0.0738. The lowest BCUT2D eigenvalue weighted by molar-refractivity contribution is -0.129. The van der Waals surface area contributed by atoms with Gasteiger partial charge in [0.2, 0.25) is 11.1 Å². The summed E-state index contributed by atoms with van der Waals surface area (Å²) in [6, 6.07) is 8.23. The molecule has 0 atom stereocenters. The first-order valence-corrected chi connectivity index (χ1v) is 11.6. The Kier molecular flexibility index (Phi) is 5.32. The number of imidazole rings is 1. The number of H-pyrrole nitrogens is 1. The van der Waals surface area contributed by atoms with Crippen LogP contribution in [0.4, 0.5) is 0 Å². The van der Waals surface area contributed by atoms with Crippen LogP contribution in [0.1, 0.15) is 50.6 Å². The number of likely N-dealkylation sites (tertiary alicyclic amines) is 1. The average molecular weight is 428 g/mol. The molecule has 9 nitrogen and oxygen atoms in total. The van der Waals surface area contributed by atoms with E-state index in [4.69, 9.17) is 0 Å². The number of benzene rings is 1. The Morgan fingerprint density at radius 2 is 1.87 bits per heavy atom. The smallest absolute Gasteiger partial charge is 0.326 e. The van der Waals surface area contributed by atoms with Crippen LogP contribution in [0.3, 0.4) is 0 Å². The van der Waals surface area contributed by atoms with Crippen LogP contribution in [0.15, 0.2) is 34.2 Å². The highest BCUT2D eigenvalue weighted by molar-refractivity contribution is 7.99. The number of amides is 1. The van der Waals surface area contributed by atoms with E-state index in [1.54, 1.807) is 0 Å². The maximum absolute atomic E-state index is 12.8. The molecule has 2 fully saturated rings. The van der Waals surface area contributed by atoms with E-state index >= 15 is 0 Å². The Bertz CT molecular complexity index is 1090. The molecule has 1 aromatic carbocycles. The quantitative estimate of drug-likeness (QED) is 0.628. The molecule has 1 N–H and O–H groups in total. The molecule has 2 aliphatic rings. The minimum Gasteiger partial charge on any atom is -0.342 e. The third kappa shape index (κ3) is 3.64. The number of hydrogen-bond acceptors (Lipinski definition) is 6. The zero-order valence-electron chi connectivity index (χ0n) is 16.7. The fourth-order valence-corrected chi connectivity index (χ4v) is 5.53. The van der Waals surface area contributed by atoms with Crippen molar-refractivity contribution in [2.24, 2.45) is 0 Å². The summed E-state index contributed by atoms with van der Waals surface area (Å²) in [6.07, 6.45) is 6.18. The molecule has 3 heterocycles. The van der Waals surface area contributed by atoms with Crippen LogP contribution < -0.4 is 5.69 Å². The molecular formula is C20H25N7O2S. The van der Waals surface area contributed by atoms with Gasteiger partial charge >= 0.3 is 5.69 Å². The summed E-state index contributed by atoms with van der Waals surface area (Å²) in [4.78, 5) is 30.0. The summed E-state index contributed by atoms with van der Waals surface area (Å²) in [5.41, 5.74) is 1.72. The maximum Gasteiger partial charge on any atom is 0.326 e. The van der Waals surface area contributed by atoms with Gasteiger partial charge in [-0.1, -0.05) is 36.7 Å². The number of carbonyl (C=O) groups excluding carboxylic acids is 1. The second kappa shape index (κ2) is 8.25. The van der Waals surface area contributed by atoms with Crippen LogP contribution >= 0.6 is 11.8 Å². The monoisotopic (exact) mass is 427 g/mol. The molecule has 1 aliphatic heterocycles. The summed E-state index contributed by atoms with van der Waals surface area (Å²) in [7, 11) is 0. The molecule has 5 rings (SSSR count). The molecule has 158 valence electrons. The van der Waals surface area contributed by atoms with Crippen LogP contribution in [0.25, 0.3) is 11.0 Å². The second-order valence-corrected chi connectivity index (χ2v) is 9.00. The van der Waals surface area contributed by atoms with Gasteiger partial charge in [0.1, 0.15) is 0 Å². The van der Waals surface area contributed by atoms with Crippen molar-refractivity contribution in [3.63, 3.8) is 0 Å². The Labute approximate surface area is 177 Å². The average Bonchev–Trinajstić information content (AvgIpc) is 3.51. The van der Waals surface area contributed by atoms with E-state index in [0.29, 0.717) is 24.9 Å². The van der Waals surface area contributed by atoms with Crippen LogP contribution in [-0.2, 0) is 4.79 Å². The van der Waals surface area contributed by atoms with Crippen LogP contribution in [0.5, 0.6) is 0 Å². The molecule has 1 saturated carbocycles. The number of nitrogens with zero attached hydrogens (tertiary/aromatic N) is 6. The lowest BCUT2D eigenvalue weighted by atomic mass is 10.0. The number of thioether (sulfide) groups is 1. The summed E-state index contributed by atoms with van der Waals surface area (Å²) >= 11 is 1.42. The fraction of sp³-hybridized carbons (Fsp3) is 0.550. The number of rotatable bonds is 5. The van der Waals surface area contributed by atoms with E-state index < -0.39 is 0 Å². The highest BCUT2D eigenvalue weighted by Crippen LogP contribution is 2.31. The van der Waals surface area contributed by atoms with E-state index in [-0.39, 0.29) is 17.6 Å². The number of carbonyl (C=O) groups is 1. The lowest BCUT2D eigenvalue weighted by Gasteiger charge is -2.32. The van der Waals surface area contributed by atoms with E-state index in [1.165, 1.54) is 24.6 Å². The molecule has 0 spiro atoms. The highest BCUT2D eigenvalue weighted by Gasteiger charge is 2.27. The number of aromatic amines is 1. The molecule has 0 radical (unpaired) electrons. The van der Waals surface area contributed by atoms with Gasteiger partial charge in [0.05, 0.1) is 22.8 Å². The van der Waals surface area contributed by atoms with Gasteiger partial charge in [-0.25, -0.2) is 9.48 Å². The Hall–Kier alpha value is -2.62. The number of tetrazole rings is 1. The highest BCUT2D eigenvalue weighted by atomic mass is 32.2. The zero-order valence-corrected chi connectivity index (χ0v) is 17.6. The molecule has 30 heavy (non-hydrogen) atoms. The number of aromatic nitrogens is 6. The van der Waals surface area contributed by atoms with Gasteiger partial charge in [-0.05, 0) is 48.2 Å². The number of piperidine rings is 1. The van der Waals surface area contributed by atoms with E-state index in [9.17, 15) is 9.59 Å². The third-order valence-corrected chi connectivity index (χ3v) is 7.18. The van der Waals surface area contributed by atoms with Crippen molar-refractivity contribution in [2.45, 2.75) is 55.8 Å². The second-order valence-electron chi connectivity index (χ2n) is 8.06. The van der Waals surface area contributed by atoms with Crippen molar-refractivity contribution in [3.8, 4) is 0 Å². The standard InChI is InChI=1S/C20H25N7O2S/c28-18(13-30-20-22-23-24-27(20)15-5-1-2-6-15)25-11-9-14(10-12-25)26-17-8-4-3-7-16(17)21-19(26)29/h3-4,7-8,14-15H,1-2,5-6,9-13H2,(H,21,29). The van der Waals surface area contributed by atoms with Crippen LogP contribution in [0.2, 0.25) is 0 Å². The summed E-state index contributed by atoms with van der Waals surface area (Å²) in [6.45, 7) is 1.31. The lowest BCUT2D eigenvalue weighted by Crippen LogP contribution is -2.41. The van der Waals surface area contributed by atoms with Gasteiger partial charge in [-0.3, -0.25) is 9.36 Å². The molecule has 1 saturated heterocycles. The molecular weight excluding hydrogens is 402 g/mol. The van der Waals surface area contributed by atoms with Gasteiger partial charge in [-0.15, -0.1) is 5.10 Å². The Balaban J connectivity index is 1.19. The first-order valence-electron chi connectivity index (χ1n) is 10.6. The summed E-state index contributed by atoms with van der Waals surface area (Å²) < 4.78 is 3.74. The predicted molar refractivity (Wildman–Crippen MR) is 113 cm³/mol. The third-order valence-electron chi connectivity index (χ3n) is 6.26. The van der Waals surface area contributed by atoms with Crippen molar-refractivity contribution >= 4 is 28.7 Å².